The zero-order valence-electron chi connectivity index (χ0n) is 10.7. The number of fused-ring (bicyclic) bond motifs is 1. The summed E-state index contributed by atoms with van der Waals surface area (Å²) in [5.41, 5.74) is 8.45. The molecule has 0 bridgehead atoms. The van der Waals surface area contributed by atoms with Gasteiger partial charge in [0.25, 0.3) is 0 Å². The summed E-state index contributed by atoms with van der Waals surface area (Å²) >= 11 is 1.50. The van der Waals surface area contributed by atoms with Gasteiger partial charge in [0, 0.05) is 23.5 Å². The monoisotopic (exact) mass is 274 g/mol. The van der Waals surface area contributed by atoms with E-state index < -0.39 is 6.10 Å². The zero-order chi connectivity index (χ0) is 13.3. The van der Waals surface area contributed by atoms with E-state index in [1.807, 2.05) is 5.38 Å². The second-order valence-electron chi connectivity index (χ2n) is 5.28. The van der Waals surface area contributed by atoms with Crippen LogP contribution in [0, 0.1) is 5.41 Å². The largest absolute Gasteiger partial charge is 0.385 e. The van der Waals surface area contributed by atoms with Crippen molar-refractivity contribution in [1.29, 1.82) is 0 Å². The number of benzene rings is 1. The topological polar surface area (TPSA) is 59.1 Å². The number of aliphatic hydroxyl groups is 1. The van der Waals surface area contributed by atoms with Gasteiger partial charge in [-0.05, 0) is 30.4 Å². The summed E-state index contributed by atoms with van der Waals surface area (Å²) in [5, 5.41) is 13.4. The van der Waals surface area contributed by atoms with Crippen LogP contribution in [0.2, 0.25) is 0 Å². The summed E-state index contributed by atoms with van der Waals surface area (Å²) in [5.74, 6) is 0. The van der Waals surface area contributed by atoms with Crippen molar-refractivity contribution in [1.82, 2.24) is 4.98 Å². The highest BCUT2D eigenvalue weighted by Crippen LogP contribution is 2.44. The minimum Gasteiger partial charge on any atom is -0.385 e. The van der Waals surface area contributed by atoms with Gasteiger partial charge in [0.1, 0.15) is 11.1 Å². The van der Waals surface area contributed by atoms with Crippen molar-refractivity contribution >= 4 is 11.3 Å². The fraction of sp³-hybridized carbons (Fsp3) is 0.400. The molecule has 2 unspecified atom stereocenters. The van der Waals surface area contributed by atoms with E-state index >= 15 is 0 Å². The highest BCUT2D eigenvalue weighted by atomic mass is 32.1. The van der Waals surface area contributed by atoms with Crippen molar-refractivity contribution < 1.29 is 5.11 Å². The molecule has 1 aliphatic rings. The van der Waals surface area contributed by atoms with Crippen LogP contribution in [0.25, 0.3) is 0 Å². The molecule has 19 heavy (non-hydrogen) atoms. The zero-order valence-corrected chi connectivity index (χ0v) is 11.6. The lowest BCUT2D eigenvalue weighted by molar-refractivity contribution is 0.0176. The van der Waals surface area contributed by atoms with E-state index in [-0.39, 0.29) is 5.41 Å². The van der Waals surface area contributed by atoms with Gasteiger partial charge in [-0.25, -0.2) is 4.98 Å². The predicted octanol–water partition coefficient (Wildman–Crippen LogP) is 2.31. The number of thiazole rings is 1. The lowest BCUT2D eigenvalue weighted by Gasteiger charge is -2.40. The molecule has 2 aromatic rings. The first-order valence-corrected chi connectivity index (χ1v) is 7.47. The molecule has 100 valence electrons. The van der Waals surface area contributed by atoms with Gasteiger partial charge in [0.05, 0.1) is 0 Å². The maximum atomic E-state index is 10.7. The van der Waals surface area contributed by atoms with Gasteiger partial charge < -0.3 is 10.8 Å². The summed E-state index contributed by atoms with van der Waals surface area (Å²) < 4.78 is 0. The first kappa shape index (κ1) is 12.8. The maximum Gasteiger partial charge on any atom is 0.122 e. The third kappa shape index (κ3) is 2.20. The van der Waals surface area contributed by atoms with Crippen molar-refractivity contribution in [3.8, 4) is 0 Å². The van der Waals surface area contributed by atoms with E-state index in [0.717, 1.165) is 24.3 Å². The van der Waals surface area contributed by atoms with Crippen LogP contribution in [0.1, 0.15) is 28.7 Å². The number of nitrogens with two attached hydrogens (primary N) is 1. The van der Waals surface area contributed by atoms with Crippen molar-refractivity contribution in [2.75, 3.05) is 6.54 Å². The molecule has 2 atom stereocenters. The van der Waals surface area contributed by atoms with E-state index in [0.29, 0.717) is 6.54 Å². The molecule has 0 saturated carbocycles. The van der Waals surface area contributed by atoms with Crippen LogP contribution < -0.4 is 5.73 Å². The van der Waals surface area contributed by atoms with Crippen molar-refractivity contribution in [3.05, 3.63) is 52.0 Å². The summed E-state index contributed by atoms with van der Waals surface area (Å²) in [7, 11) is 0. The molecule has 0 amide bonds. The predicted molar refractivity (Wildman–Crippen MR) is 77.0 cm³/mol. The van der Waals surface area contributed by atoms with Crippen LogP contribution in [0.4, 0.5) is 0 Å². The molecule has 4 heteroatoms. The highest BCUT2D eigenvalue weighted by molar-refractivity contribution is 7.09. The van der Waals surface area contributed by atoms with E-state index in [4.69, 9.17) is 5.73 Å². The van der Waals surface area contributed by atoms with Crippen LogP contribution in [-0.4, -0.2) is 16.6 Å². The van der Waals surface area contributed by atoms with Crippen LogP contribution in [0.15, 0.2) is 35.8 Å². The Morgan fingerprint density at radius 2 is 2.16 bits per heavy atom. The lowest BCUT2D eigenvalue weighted by atomic mass is 9.68. The summed E-state index contributed by atoms with van der Waals surface area (Å²) in [6.45, 7) is 0.488. The van der Waals surface area contributed by atoms with E-state index in [1.54, 1.807) is 6.20 Å². The molecular weight excluding hydrogens is 256 g/mol. The minimum absolute atomic E-state index is 0.272. The van der Waals surface area contributed by atoms with Crippen molar-refractivity contribution in [2.24, 2.45) is 11.1 Å². The number of rotatable bonds is 3. The Morgan fingerprint density at radius 1 is 1.37 bits per heavy atom. The van der Waals surface area contributed by atoms with Gasteiger partial charge in [-0.1, -0.05) is 24.3 Å². The van der Waals surface area contributed by atoms with Crippen LogP contribution in [0.3, 0.4) is 0 Å². The standard InChI is InChI=1S/C15H18N2OS/c16-10-15(13(18)14-17-7-8-19-14)6-5-11-3-1-2-4-12(11)9-15/h1-4,7-8,13,18H,5-6,9-10,16H2. The smallest absolute Gasteiger partial charge is 0.122 e. The van der Waals surface area contributed by atoms with Crippen LogP contribution >= 0.6 is 11.3 Å². The van der Waals surface area contributed by atoms with Gasteiger partial charge >= 0.3 is 0 Å². The van der Waals surface area contributed by atoms with E-state index in [9.17, 15) is 5.11 Å². The molecule has 1 aliphatic carbocycles. The number of aryl methyl sites for hydroxylation is 1. The molecule has 0 radical (unpaired) electrons. The Morgan fingerprint density at radius 3 is 2.84 bits per heavy atom. The molecule has 1 aromatic carbocycles. The number of hydrogen-bond acceptors (Lipinski definition) is 4. The minimum atomic E-state index is -0.564. The molecule has 1 heterocycles. The first-order valence-electron chi connectivity index (χ1n) is 6.59. The average Bonchev–Trinajstić information content (AvgIpc) is 3.00. The SMILES string of the molecule is NCC1(C(O)c2nccs2)CCc2ccccc2C1. The quantitative estimate of drug-likeness (QED) is 0.903. The Kier molecular flexibility index (Phi) is 3.39. The van der Waals surface area contributed by atoms with Crippen molar-refractivity contribution in [3.63, 3.8) is 0 Å². The summed E-state index contributed by atoms with van der Waals surface area (Å²) in [6, 6.07) is 8.45. The lowest BCUT2D eigenvalue weighted by Crippen LogP contribution is -2.41. The van der Waals surface area contributed by atoms with E-state index in [2.05, 4.69) is 29.2 Å². The number of aromatic nitrogens is 1. The summed E-state index contributed by atoms with van der Waals surface area (Å²) in [6.07, 6.45) is 3.91. The van der Waals surface area contributed by atoms with Crippen LogP contribution in [-0.2, 0) is 12.8 Å². The number of hydrogen-bond donors (Lipinski definition) is 2. The van der Waals surface area contributed by atoms with Gasteiger partial charge in [0.2, 0.25) is 0 Å². The third-order valence-corrected chi connectivity index (χ3v) is 5.05. The molecular formula is C15H18N2OS. The fourth-order valence-corrected chi connectivity index (χ4v) is 3.74. The molecule has 3 rings (SSSR count). The van der Waals surface area contributed by atoms with E-state index in [1.165, 1.54) is 22.5 Å². The molecule has 0 aliphatic heterocycles. The Balaban J connectivity index is 1.94. The Labute approximate surface area is 117 Å². The molecule has 0 saturated heterocycles. The third-order valence-electron chi connectivity index (χ3n) is 4.23. The normalized spacial score (nSPS) is 23.9. The van der Waals surface area contributed by atoms with Crippen molar-refractivity contribution in [2.45, 2.75) is 25.4 Å². The summed E-state index contributed by atoms with van der Waals surface area (Å²) in [4.78, 5) is 4.25. The second kappa shape index (κ2) is 5.04. The van der Waals surface area contributed by atoms with Gasteiger partial charge in [-0.2, -0.15) is 0 Å². The van der Waals surface area contributed by atoms with Gasteiger partial charge in [-0.15, -0.1) is 11.3 Å². The highest BCUT2D eigenvalue weighted by Gasteiger charge is 2.41. The molecule has 0 fully saturated rings. The van der Waals surface area contributed by atoms with Crippen LogP contribution in [0.5, 0.6) is 0 Å². The number of aliphatic hydroxyl groups excluding tert-OH is 1. The van der Waals surface area contributed by atoms with Gasteiger partial charge in [0.15, 0.2) is 0 Å². The molecule has 3 N–H and O–H groups in total. The molecule has 0 spiro atoms. The van der Waals surface area contributed by atoms with Gasteiger partial charge in [-0.3, -0.25) is 0 Å². The first-order chi connectivity index (χ1) is 9.25. The Bertz CT molecular complexity index is 555. The number of nitrogens with zero attached hydrogens (tertiary/aromatic N) is 1. The fourth-order valence-electron chi connectivity index (χ4n) is 2.98. The Hall–Kier alpha value is -1.23. The second-order valence-corrected chi connectivity index (χ2v) is 6.21. The maximum absolute atomic E-state index is 10.7. The average molecular weight is 274 g/mol. The molecule has 3 nitrogen and oxygen atoms in total. The molecule has 1 aromatic heterocycles.